The van der Waals surface area contributed by atoms with E-state index in [0.29, 0.717) is 22.6 Å². The highest BCUT2D eigenvalue weighted by atomic mass is 16.6. The van der Waals surface area contributed by atoms with Crippen molar-refractivity contribution in [2.75, 3.05) is 14.2 Å². The predicted octanol–water partition coefficient (Wildman–Crippen LogP) is 3.86. The summed E-state index contributed by atoms with van der Waals surface area (Å²) in [6.45, 7) is 0. The molecule has 0 bridgehead atoms. The Bertz CT molecular complexity index is 1180. The number of methoxy groups -OCH3 is 2. The first-order valence-electron chi connectivity index (χ1n) is 9.18. The summed E-state index contributed by atoms with van der Waals surface area (Å²) < 4.78 is 26.0. The Kier molecular flexibility index (Phi) is 5.53. The third-order valence-electron chi connectivity index (χ3n) is 4.37. The number of hydrogen-bond donors (Lipinski definition) is 0. The highest BCUT2D eigenvalue weighted by molar-refractivity contribution is 6.12. The second kappa shape index (κ2) is 8.58. The first kappa shape index (κ1) is 20.0. The van der Waals surface area contributed by atoms with Crippen LogP contribution in [0.1, 0.15) is 21.7 Å². The van der Waals surface area contributed by atoms with Gasteiger partial charge in [0.2, 0.25) is 11.7 Å². The van der Waals surface area contributed by atoms with Gasteiger partial charge in [-0.3, -0.25) is 0 Å². The van der Waals surface area contributed by atoms with Crippen molar-refractivity contribution in [2.45, 2.75) is 0 Å². The van der Waals surface area contributed by atoms with Gasteiger partial charge in [-0.25, -0.2) is 14.6 Å². The molecule has 0 amide bonds. The second-order valence-corrected chi connectivity index (χ2v) is 6.34. The van der Waals surface area contributed by atoms with E-state index in [1.807, 2.05) is 0 Å². The highest BCUT2D eigenvalue weighted by Crippen LogP contribution is 2.30. The molecule has 0 aliphatic carbocycles. The van der Waals surface area contributed by atoms with Gasteiger partial charge in [-0.15, -0.1) is 0 Å². The van der Waals surface area contributed by atoms with Crippen LogP contribution in [0.4, 0.5) is 0 Å². The Balaban J connectivity index is 1.56. The first-order valence-corrected chi connectivity index (χ1v) is 9.18. The zero-order valence-electron chi connectivity index (χ0n) is 16.7. The summed E-state index contributed by atoms with van der Waals surface area (Å²) in [6, 6.07) is 14.9. The minimum atomic E-state index is -0.650. The first-order chi connectivity index (χ1) is 15.1. The van der Waals surface area contributed by atoms with Crippen LogP contribution in [0.25, 0.3) is 6.08 Å². The molecule has 2 aromatic carbocycles. The molecule has 1 aromatic heterocycles. The van der Waals surface area contributed by atoms with Gasteiger partial charge in [0.15, 0.2) is 17.2 Å². The summed E-state index contributed by atoms with van der Waals surface area (Å²) in [4.78, 5) is 28.6. The van der Waals surface area contributed by atoms with Gasteiger partial charge in [0, 0.05) is 5.56 Å². The molecule has 0 N–H and O–H groups in total. The van der Waals surface area contributed by atoms with Crippen molar-refractivity contribution in [3.8, 4) is 17.2 Å². The largest absolute Gasteiger partial charge is 0.497 e. The van der Waals surface area contributed by atoms with E-state index in [9.17, 15) is 9.59 Å². The lowest BCUT2D eigenvalue weighted by molar-refractivity contribution is -0.129. The lowest BCUT2D eigenvalue weighted by Crippen LogP contribution is -2.08. The Morgan fingerprint density at radius 3 is 2.48 bits per heavy atom. The summed E-state index contributed by atoms with van der Waals surface area (Å²) in [7, 11) is 3.01. The molecule has 8 nitrogen and oxygen atoms in total. The number of carbonyl (C=O) groups is 2. The molecule has 0 spiro atoms. The summed E-state index contributed by atoms with van der Waals surface area (Å²) in [5, 5.41) is 0. The van der Waals surface area contributed by atoms with Gasteiger partial charge < -0.3 is 23.4 Å². The average Bonchev–Trinajstić information content (AvgIpc) is 3.45. The second-order valence-electron chi connectivity index (χ2n) is 6.34. The maximum Gasteiger partial charge on any atom is 0.379 e. The van der Waals surface area contributed by atoms with Crippen LogP contribution >= 0.6 is 0 Å². The molecule has 3 aromatic rings. The van der Waals surface area contributed by atoms with Crippen LogP contribution in [0.2, 0.25) is 0 Å². The predicted molar refractivity (Wildman–Crippen MR) is 110 cm³/mol. The maximum atomic E-state index is 12.2. The van der Waals surface area contributed by atoms with Crippen LogP contribution in [0, 0.1) is 0 Å². The smallest absolute Gasteiger partial charge is 0.379 e. The Labute approximate surface area is 177 Å². The summed E-state index contributed by atoms with van der Waals surface area (Å²) >= 11 is 0. The van der Waals surface area contributed by atoms with Crippen LogP contribution in [0.5, 0.6) is 17.2 Å². The molecule has 156 valence electrons. The molecule has 0 radical (unpaired) electrons. The number of nitrogens with zero attached hydrogens (tertiary/aromatic N) is 1. The molecule has 1 aliphatic rings. The fourth-order valence-electron chi connectivity index (χ4n) is 2.83. The molecule has 0 atom stereocenters. The fourth-order valence-corrected chi connectivity index (χ4v) is 2.83. The highest BCUT2D eigenvalue weighted by Gasteiger charge is 2.24. The van der Waals surface area contributed by atoms with Gasteiger partial charge in [0.1, 0.15) is 5.75 Å². The van der Waals surface area contributed by atoms with Crippen molar-refractivity contribution in [1.29, 1.82) is 0 Å². The molecular weight excluding hydrogens is 402 g/mol. The Morgan fingerprint density at radius 2 is 1.81 bits per heavy atom. The number of furan rings is 1. The topological polar surface area (TPSA) is 96.6 Å². The van der Waals surface area contributed by atoms with Crippen LogP contribution < -0.4 is 14.2 Å². The van der Waals surface area contributed by atoms with Gasteiger partial charge in [-0.2, -0.15) is 0 Å². The van der Waals surface area contributed by atoms with Crippen LogP contribution in [0.15, 0.2) is 76.0 Å². The van der Waals surface area contributed by atoms with Crippen LogP contribution in [-0.2, 0) is 9.53 Å². The number of esters is 2. The van der Waals surface area contributed by atoms with Crippen molar-refractivity contribution in [3.05, 3.63) is 83.4 Å². The third-order valence-corrected chi connectivity index (χ3v) is 4.37. The number of hydrogen-bond acceptors (Lipinski definition) is 8. The standard InChI is InChI=1S/C23H17NO7/c1-27-16-8-6-15(7-9-16)21-24-17(22(25)31-21)12-14-5-10-18(20(13-14)28-2)30-23(26)19-4-3-11-29-19/h3-13H,1-2H3/b17-12-. The average molecular weight is 419 g/mol. The third kappa shape index (κ3) is 4.32. The normalized spacial score (nSPS) is 14.2. The molecular formula is C23H17NO7. The summed E-state index contributed by atoms with van der Waals surface area (Å²) in [5.41, 5.74) is 1.39. The maximum absolute atomic E-state index is 12.2. The van der Waals surface area contributed by atoms with Crippen molar-refractivity contribution >= 4 is 23.9 Å². The number of rotatable bonds is 6. The van der Waals surface area contributed by atoms with Crippen molar-refractivity contribution < 1.29 is 33.0 Å². The van der Waals surface area contributed by atoms with E-state index in [0.717, 1.165) is 0 Å². The van der Waals surface area contributed by atoms with Gasteiger partial charge in [-0.05, 0) is 60.2 Å². The SMILES string of the molecule is COc1ccc(C2=N/C(=C\c3ccc(OC(=O)c4ccco4)c(OC)c3)C(=O)O2)cc1. The molecule has 31 heavy (non-hydrogen) atoms. The lowest BCUT2D eigenvalue weighted by Gasteiger charge is -2.09. The lowest BCUT2D eigenvalue weighted by atomic mass is 10.1. The van der Waals surface area contributed by atoms with E-state index in [-0.39, 0.29) is 23.1 Å². The van der Waals surface area contributed by atoms with E-state index in [1.54, 1.807) is 61.7 Å². The minimum absolute atomic E-state index is 0.0716. The molecule has 0 fully saturated rings. The van der Waals surface area contributed by atoms with Gasteiger partial charge in [-0.1, -0.05) is 6.07 Å². The molecule has 1 aliphatic heterocycles. The van der Waals surface area contributed by atoms with Crippen LogP contribution in [0.3, 0.4) is 0 Å². The quantitative estimate of drug-likeness (QED) is 0.340. The van der Waals surface area contributed by atoms with E-state index < -0.39 is 11.9 Å². The number of carbonyl (C=O) groups excluding carboxylic acids is 2. The molecule has 8 heteroatoms. The van der Waals surface area contributed by atoms with E-state index in [4.69, 9.17) is 23.4 Å². The summed E-state index contributed by atoms with van der Waals surface area (Å²) in [6.07, 6.45) is 2.93. The van der Waals surface area contributed by atoms with Crippen molar-refractivity contribution in [1.82, 2.24) is 0 Å². The number of ether oxygens (including phenoxy) is 4. The number of cyclic esters (lactones) is 1. The van der Waals surface area contributed by atoms with E-state index in [1.165, 1.54) is 19.4 Å². The van der Waals surface area contributed by atoms with E-state index >= 15 is 0 Å². The van der Waals surface area contributed by atoms with Crippen molar-refractivity contribution in [2.24, 2.45) is 4.99 Å². The van der Waals surface area contributed by atoms with Gasteiger partial charge in [0.05, 0.1) is 20.5 Å². The molecule has 0 saturated carbocycles. The minimum Gasteiger partial charge on any atom is -0.497 e. The zero-order valence-corrected chi connectivity index (χ0v) is 16.7. The van der Waals surface area contributed by atoms with Gasteiger partial charge in [0.25, 0.3) is 0 Å². The zero-order chi connectivity index (χ0) is 21.8. The Hall–Kier alpha value is -4.33. The number of benzene rings is 2. The monoisotopic (exact) mass is 419 g/mol. The molecule has 4 rings (SSSR count). The van der Waals surface area contributed by atoms with Gasteiger partial charge >= 0.3 is 11.9 Å². The van der Waals surface area contributed by atoms with Crippen LogP contribution in [-0.4, -0.2) is 32.1 Å². The molecule has 0 saturated heterocycles. The number of aliphatic imine (C=N–C) groups is 1. The Morgan fingerprint density at radius 1 is 1.00 bits per heavy atom. The van der Waals surface area contributed by atoms with E-state index in [2.05, 4.69) is 4.99 Å². The molecule has 0 unspecified atom stereocenters. The van der Waals surface area contributed by atoms with Crippen molar-refractivity contribution in [3.63, 3.8) is 0 Å². The summed E-state index contributed by atoms with van der Waals surface area (Å²) in [5.74, 6) is 0.254. The fraction of sp³-hybridized carbons (Fsp3) is 0.0870. The molecule has 2 heterocycles.